The third kappa shape index (κ3) is 3.05. The lowest BCUT2D eigenvalue weighted by molar-refractivity contribution is 0.320. The van der Waals surface area contributed by atoms with E-state index in [-0.39, 0.29) is 10.8 Å². The lowest BCUT2D eigenvalue weighted by atomic mass is 10.1. The second kappa shape index (κ2) is 5.81. The Balaban J connectivity index is 1.78. The Bertz CT molecular complexity index is 743. The molecular weight excluding hydrogens is 320 g/mol. The first-order valence-electron chi connectivity index (χ1n) is 6.78. The molecule has 116 valence electrons. The molecule has 0 N–H and O–H groups in total. The number of aromatic nitrogens is 6. The van der Waals surface area contributed by atoms with Gasteiger partial charge >= 0.3 is 0 Å². The van der Waals surface area contributed by atoms with Gasteiger partial charge in [-0.1, -0.05) is 17.8 Å². The predicted octanol–water partition coefficient (Wildman–Crippen LogP) is 3.39. The second-order valence-corrected chi connectivity index (χ2v) is 7.98. The summed E-state index contributed by atoms with van der Waals surface area (Å²) in [5, 5.41) is 22.8. The monoisotopic (exact) mass is 336 g/mol. The highest BCUT2D eigenvalue weighted by Crippen LogP contribution is 2.35. The summed E-state index contributed by atoms with van der Waals surface area (Å²) in [5.41, 5.74) is -0.178. The van der Waals surface area contributed by atoms with Crippen LogP contribution in [0.25, 0.3) is 10.8 Å². The number of rotatable bonds is 4. The van der Waals surface area contributed by atoms with Crippen LogP contribution in [0.3, 0.4) is 0 Å². The van der Waals surface area contributed by atoms with Crippen LogP contribution >= 0.6 is 23.1 Å². The summed E-state index contributed by atoms with van der Waals surface area (Å²) < 4.78 is 7.55. The van der Waals surface area contributed by atoms with Crippen molar-refractivity contribution in [2.45, 2.75) is 43.6 Å². The van der Waals surface area contributed by atoms with Gasteiger partial charge in [-0.3, -0.25) is 0 Å². The van der Waals surface area contributed by atoms with Crippen molar-refractivity contribution in [1.82, 2.24) is 30.4 Å². The van der Waals surface area contributed by atoms with Crippen molar-refractivity contribution in [2.24, 2.45) is 0 Å². The average Bonchev–Trinajstić information content (AvgIpc) is 3.18. The van der Waals surface area contributed by atoms with E-state index in [0.717, 1.165) is 10.0 Å². The zero-order valence-corrected chi connectivity index (χ0v) is 14.4. The molecule has 0 bridgehead atoms. The van der Waals surface area contributed by atoms with Crippen LogP contribution in [0, 0.1) is 0 Å². The van der Waals surface area contributed by atoms with Gasteiger partial charge in [0.1, 0.15) is 0 Å². The van der Waals surface area contributed by atoms with Crippen LogP contribution in [0.4, 0.5) is 0 Å². The Morgan fingerprint density at radius 2 is 2.09 bits per heavy atom. The lowest BCUT2D eigenvalue weighted by Crippen LogP contribution is -2.24. The quantitative estimate of drug-likeness (QED) is 0.675. The third-order valence-corrected chi connectivity index (χ3v) is 4.76. The molecule has 0 aliphatic carbocycles. The molecule has 0 aromatic carbocycles. The topological polar surface area (TPSA) is 82.5 Å². The Morgan fingerprint density at radius 3 is 2.77 bits per heavy atom. The summed E-state index contributed by atoms with van der Waals surface area (Å²) in [4.78, 5) is 0.968. The molecule has 0 aliphatic rings. The van der Waals surface area contributed by atoms with Gasteiger partial charge < -0.3 is 4.42 Å². The number of hydrogen-bond acceptors (Lipinski definition) is 8. The molecule has 3 aromatic heterocycles. The van der Waals surface area contributed by atoms with Crippen molar-refractivity contribution < 1.29 is 4.42 Å². The van der Waals surface area contributed by atoms with Crippen LogP contribution in [0.15, 0.2) is 27.1 Å². The smallest absolute Gasteiger partial charge is 0.257 e. The van der Waals surface area contributed by atoms with Gasteiger partial charge in [0.2, 0.25) is 11.0 Å². The highest BCUT2D eigenvalue weighted by molar-refractivity contribution is 7.99. The minimum atomic E-state index is -0.178. The summed E-state index contributed by atoms with van der Waals surface area (Å²) in [6.07, 6.45) is 0. The highest BCUT2D eigenvalue weighted by Gasteiger charge is 2.24. The summed E-state index contributed by atoms with van der Waals surface area (Å²) in [5.74, 6) is 1.12. The molecule has 7 nitrogen and oxygen atoms in total. The molecule has 0 spiro atoms. The molecule has 3 heterocycles. The van der Waals surface area contributed by atoms with E-state index in [4.69, 9.17) is 4.42 Å². The molecule has 0 amide bonds. The van der Waals surface area contributed by atoms with Crippen molar-refractivity contribution >= 4 is 23.1 Å². The van der Waals surface area contributed by atoms with Gasteiger partial charge in [-0.25, -0.2) is 4.68 Å². The molecule has 0 radical (unpaired) electrons. The highest BCUT2D eigenvalue weighted by atomic mass is 32.2. The number of nitrogens with zero attached hydrogens (tertiary/aromatic N) is 6. The SMILES string of the molecule is CC(Sc1nnnn1C(C)(C)C)c1nnc(-c2cccs2)o1. The van der Waals surface area contributed by atoms with Gasteiger partial charge in [0.15, 0.2) is 0 Å². The summed E-state index contributed by atoms with van der Waals surface area (Å²) >= 11 is 3.07. The lowest BCUT2D eigenvalue weighted by Gasteiger charge is -2.20. The average molecular weight is 336 g/mol. The normalized spacial score (nSPS) is 13.5. The summed E-state index contributed by atoms with van der Waals surface area (Å²) in [6, 6.07) is 3.92. The largest absolute Gasteiger partial charge is 0.419 e. The van der Waals surface area contributed by atoms with E-state index in [1.807, 2.05) is 24.4 Å². The molecule has 1 atom stereocenters. The fourth-order valence-corrected chi connectivity index (χ4v) is 3.43. The third-order valence-electron chi connectivity index (χ3n) is 2.88. The number of thiophene rings is 1. The van der Waals surface area contributed by atoms with Crippen LogP contribution in [-0.2, 0) is 5.54 Å². The Kier molecular flexibility index (Phi) is 4.00. The maximum absolute atomic E-state index is 5.75. The molecule has 0 fully saturated rings. The van der Waals surface area contributed by atoms with Gasteiger partial charge in [0, 0.05) is 0 Å². The molecule has 3 aromatic rings. The van der Waals surface area contributed by atoms with E-state index < -0.39 is 0 Å². The van der Waals surface area contributed by atoms with Gasteiger partial charge in [-0.15, -0.1) is 26.6 Å². The number of tetrazole rings is 1. The van der Waals surface area contributed by atoms with Crippen LogP contribution in [0.1, 0.15) is 38.8 Å². The molecule has 0 aliphatic heterocycles. The minimum Gasteiger partial charge on any atom is -0.419 e. The predicted molar refractivity (Wildman–Crippen MR) is 84.7 cm³/mol. The van der Waals surface area contributed by atoms with E-state index in [0.29, 0.717) is 11.8 Å². The van der Waals surface area contributed by atoms with E-state index in [1.54, 1.807) is 16.0 Å². The van der Waals surface area contributed by atoms with Gasteiger partial charge in [-0.2, -0.15) is 0 Å². The fourth-order valence-electron chi connectivity index (χ4n) is 1.78. The van der Waals surface area contributed by atoms with Crippen LogP contribution in [-0.4, -0.2) is 30.4 Å². The zero-order valence-electron chi connectivity index (χ0n) is 12.7. The van der Waals surface area contributed by atoms with Crippen LogP contribution < -0.4 is 0 Å². The van der Waals surface area contributed by atoms with E-state index in [9.17, 15) is 0 Å². The molecule has 1 unspecified atom stereocenters. The molecular formula is C13H16N6OS2. The molecule has 0 saturated carbocycles. The van der Waals surface area contributed by atoms with Crippen molar-refractivity contribution in [2.75, 3.05) is 0 Å². The molecule has 22 heavy (non-hydrogen) atoms. The Morgan fingerprint density at radius 1 is 1.27 bits per heavy atom. The first-order chi connectivity index (χ1) is 10.4. The molecule has 3 rings (SSSR count). The van der Waals surface area contributed by atoms with Crippen molar-refractivity contribution in [3.8, 4) is 10.8 Å². The van der Waals surface area contributed by atoms with E-state index in [2.05, 4.69) is 46.5 Å². The second-order valence-electron chi connectivity index (χ2n) is 5.73. The molecule has 9 heteroatoms. The van der Waals surface area contributed by atoms with Crippen molar-refractivity contribution in [3.63, 3.8) is 0 Å². The first kappa shape index (κ1) is 15.2. The molecule has 0 saturated heterocycles. The van der Waals surface area contributed by atoms with E-state index in [1.165, 1.54) is 11.8 Å². The zero-order chi connectivity index (χ0) is 15.7. The van der Waals surface area contributed by atoms with Crippen molar-refractivity contribution in [1.29, 1.82) is 0 Å². The minimum absolute atomic E-state index is 0.0340. The Hall–Kier alpha value is -1.74. The number of thioether (sulfide) groups is 1. The van der Waals surface area contributed by atoms with Gasteiger partial charge in [-0.05, 0) is 49.6 Å². The van der Waals surface area contributed by atoms with Crippen LogP contribution in [0.5, 0.6) is 0 Å². The van der Waals surface area contributed by atoms with E-state index >= 15 is 0 Å². The summed E-state index contributed by atoms with van der Waals surface area (Å²) in [7, 11) is 0. The number of hydrogen-bond donors (Lipinski definition) is 0. The maximum atomic E-state index is 5.75. The fraction of sp³-hybridized carbons (Fsp3) is 0.462. The maximum Gasteiger partial charge on any atom is 0.257 e. The standard InChI is InChI=1S/C13H16N6OS2/c1-8(22-12-16-17-18-19(12)13(2,3)4)10-14-15-11(20-10)9-6-5-7-21-9/h5-8H,1-4H3. The van der Waals surface area contributed by atoms with Gasteiger partial charge in [0.25, 0.3) is 5.89 Å². The van der Waals surface area contributed by atoms with Crippen molar-refractivity contribution in [3.05, 3.63) is 23.4 Å². The summed E-state index contributed by atoms with van der Waals surface area (Å²) in [6.45, 7) is 8.16. The first-order valence-corrected chi connectivity index (χ1v) is 8.54. The Labute approximate surface area is 136 Å². The van der Waals surface area contributed by atoms with Gasteiger partial charge in [0.05, 0.1) is 15.7 Å². The van der Waals surface area contributed by atoms with Crippen LogP contribution in [0.2, 0.25) is 0 Å².